The zero-order valence-corrected chi connectivity index (χ0v) is 13.4. The number of aliphatic hydroxyl groups excluding tert-OH is 1. The standard InChI is InChI=1S/C18H23N3O2/c1-14-7-12-21(19-14)16-8-10-20(11-9-16)18(23)13-17(22)15-5-3-2-4-6-15/h2-7,12,16-17,22H,8-11,13H2,1H3. The van der Waals surface area contributed by atoms with E-state index in [1.165, 1.54) is 0 Å². The fourth-order valence-corrected chi connectivity index (χ4v) is 3.10. The van der Waals surface area contributed by atoms with Gasteiger partial charge < -0.3 is 10.0 Å². The minimum Gasteiger partial charge on any atom is -0.388 e. The summed E-state index contributed by atoms with van der Waals surface area (Å²) in [4.78, 5) is 14.2. The number of nitrogens with zero attached hydrogens (tertiary/aromatic N) is 3. The molecule has 0 aliphatic carbocycles. The third-order valence-corrected chi connectivity index (χ3v) is 4.49. The largest absolute Gasteiger partial charge is 0.388 e. The summed E-state index contributed by atoms with van der Waals surface area (Å²) in [7, 11) is 0. The van der Waals surface area contributed by atoms with Crippen molar-refractivity contribution in [3.8, 4) is 0 Å². The number of carbonyl (C=O) groups is 1. The number of benzene rings is 1. The molecule has 3 rings (SSSR count). The van der Waals surface area contributed by atoms with Gasteiger partial charge in [-0.25, -0.2) is 0 Å². The van der Waals surface area contributed by atoms with Gasteiger partial charge in [-0.3, -0.25) is 9.48 Å². The van der Waals surface area contributed by atoms with E-state index < -0.39 is 6.10 Å². The smallest absolute Gasteiger partial charge is 0.225 e. The Balaban J connectivity index is 1.52. The van der Waals surface area contributed by atoms with Gasteiger partial charge in [0.1, 0.15) is 0 Å². The summed E-state index contributed by atoms with van der Waals surface area (Å²) < 4.78 is 2.01. The lowest BCUT2D eigenvalue weighted by Crippen LogP contribution is -2.39. The minimum atomic E-state index is -0.727. The molecular weight excluding hydrogens is 290 g/mol. The summed E-state index contributed by atoms with van der Waals surface area (Å²) >= 11 is 0. The molecule has 122 valence electrons. The second-order valence-electron chi connectivity index (χ2n) is 6.18. The fraction of sp³-hybridized carbons (Fsp3) is 0.444. The van der Waals surface area contributed by atoms with E-state index in [0.29, 0.717) is 6.04 Å². The van der Waals surface area contributed by atoms with Crippen LogP contribution in [0.4, 0.5) is 0 Å². The molecule has 0 saturated carbocycles. The van der Waals surface area contributed by atoms with Gasteiger partial charge in [0.15, 0.2) is 0 Å². The maximum Gasteiger partial charge on any atom is 0.225 e. The van der Waals surface area contributed by atoms with E-state index in [0.717, 1.165) is 37.2 Å². The Morgan fingerprint density at radius 2 is 1.96 bits per heavy atom. The van der Waals surface area contributed by atoms with E-state index in [9.17, 15) is 9.90 Å². The van der Waals surface area contributed by atoms with Gasteiger partial charge in [0.2, 0.25) is 5.91 Å². The predicted octanol–water partition coefficient (Wildman–Crippen LogP) is 2.48. The van der Waals surface area contributed by atoms with Crippen LogP contribution in [0.1, 0.15) is 42.7 Å². The van der Waals surface area contributed by atoms with Gasteiger partial charge in [0.25, 0.3) is 0 Å². The number of piperidine rings is 1. The molecule has 5 heteroatoms. The first kappa shape index (κ1) is 15.7. The maximum atomic E-state index is 12.4. The molecular formula is C18H23N3O2. The van der Waals surface area contributed by atoms with E-state index in [4.69, 9.17) is 0 Å². The average Bonchev–Trinajstić information content (AvgIpc) is 3.02. The molecule has 1 aliphatic heterocycles. The van der Waals surface area contributed by atoms with Crippen LogP contribution in [-0.4, -0.2) is 38.8 Å². The Morgan fingerprint density at radius 1 is 1.26 bits per heavy atom. The molecule has 1 aliphatic rings. The van der Waals surface area contributed by atoms with Crippen LogP contribution in [0, 0.1) is 6.92 Å². The monoisotopic (exact) mass is 313 g/mol. The molecule has 1 fully saturated rings. The Morgan fingerprint density at radius 3 is 2.57 bits per heavy atom. The maximum absolute atomic E-state index is 12.4. The van der Waals surface area contributed by atoms with Crippen molar-refractivity contribution in [1.29, 1.82) is 0 Å². The van der Waals surface area contributed by atoms with Crippen LogP contribution in [0.25, 0.3) is 0 Å². The fourth-order valence-electron chi connectivity index (χ4n) is 3.10. The Hall–Kier alpha value is -2.14. The first-order valence-corrected chi connectivity index (χ1v) is 8.16. The molecule has 1 atom stereocenters. The van der Waals surface area contributed by atoms with E-state index in [-0.39, 0.29) is 12.3 Å². The molecule has 2 aromatic rings. The molecule has 2 heterocycles. The topological polar surface area (TPSA) is 58.4 Å². The lowest BCUT2D eigenvalue weighted by molar-refractivity contribution is -0.134. The highest BCUT2D eigenvalue weighted by Crippen LogP contribution is 2.24. The zero-order valence-electron chi connectivity index (χ0n) is 13.4. The highest BCUT2D eigenvalue weighted by molar-refractivity contribution is 5.77. The molecule has 0 spiro atoms. The van der Waals surface area contributed by atoms with Gasteiger partial charge >= 0.3 is 0 Å². The molecule has 1 amide bonds. The first-order chi connectivity index (χ1) is 11.1. The van der Waals surface area contributed by atoms with Crippen molar-refractivity contribution in [2.24, 2.45) is 0 Å². The zero-order chi connectivity index (χ0) is 16.2. The Kier molecular flexibility index (Phi) is 4.76. The molecule has 1 unspecified atom stereocenters. The second kappa shape index (κ2) is 6.96. The van der Waals surface area contributed by atoms with Crippen molar-refractivity contribution in [2.45, 2.75) is 38.3 Å². The number of carbonyl (C=O) groups excluding carboxylic acids is 1. The van der Waals surface area contributed by atoms with Crippen LogP contribution in [-0.2, 0) is 4.79 Å². The van der Waals surface area contributed by atoms with E-state index in [1.807, 2.05) is 59.1 Å². The average molecular weight is 313 g/mol. The normalized spacial score (nSPS) is 17.2. The number of aryl methyl sites for hydroxylation is 1. The summed E-state index contributed by atoms with van der Waals surface area (Å²) in [6.45, 7) is 3.44. The molecule has 1 aromatic carbocycles. The molecule has 23 heavy (non-hydrogen) atoms. The van der Waals surface area contributed by atoms with Gasteiger partial charge in [-0.05, 0) is 31.4 Å². The first-order valence-electron chi connectivity index (χ1n) is 8.16. The molecule has 5 nitrogen and oxygen atoms in total. The number of hydrogen-bond donors (Lipinski definition) is 1. The molecule has 0 bridgehead atoms. The van der Waals surface area contributed by atoms with Crippen molar-refractivity contribution >= 4 is 5.91 Å². The van der Waals surface area contributed by atoms with Crippen molar-refractivity contribution < 1.29 is 9.90 Å². The van der Waals surface area contributed by atoms with Gasteiger partial charge in [-0.2, -0.15) is 5.10 Å². The van der Waals surface area contributed by atoms with Crippen molar-refractivity contribution in [3.05, 3.63) is 53.9 Å². The third-order valence-electron chi connectivity index (χ3n) is 4.49. The number of hydrogen-bond acceptors (Lipinski definition) is 3. The molecule has 1 aromatic heterocycles. The SMILES string of the molecule is Cc1ccn(C2CCN(C(=O)CC(O)c3ccccc3)CC2)n1. The van der Waals surface area contributed by atoms with Crippen LogP contribution < -0.4 is 0 Å². The number of rotatable bonds is 4. The number of aliphatic hydroxyl groups is 1. The van der Waals surface area contributed by atoms with Gasteiger partial charge in [0, 0.05) is 19.3 Å². The summed E-state index contributed by atoms with van der Waals surface area (Å²) in [5, 5.41) is 14.7. The highest BCUT2D eigenvalue weighted by Gasteiger charge is 2.25. The van der Waals surface area contributed by atoms with Gasteiger partial charge in [-0.15, -0.1) is 0 Å². The summed E-state index contributed by atoms with van der Waals surface area (Å²) in [6, 6.07) is 11.7. The lowest BCUT2D eigenvalue weighted by atomic mass is 10.0. The van der Waals surface area contributed by atoms with Crippen molar-refractivity contribution in [1.82, 2.24) is 14.7 Å². The quantitative estimate of drug-likeness (QED) is 0.943. The lowest BCUT2D eigenvalue weighted by Gasteiger charge is -2.32. The minimum absolute atomic E-state index is 0.0245. The van der Waals surface area contributed by atoms with E-state index >= 15 is 0 Å². The summed E-state index contributed by atoms with van der Waals surface area (Å²) in [5.74, 6) is 0.0245. The second-order valence-corrected chi connectivity index (χ2v) is 6.18. The van der Waals surface area contributed by atoms with Gasteiger partial charge in [-0.1, -0.05) is 30.3 Å². The van der Waals surface area contributed by atoms with Crippen LogP contribution in [0.3, 0.4) is 0 Å². The molecule has 1 N–H and O–H groups in total. The number of likely N-dealkylation sites (tertiary alicyclic amines) is 1. The molecule has 1 saturated heterocycles. The summed E-state index contributed by atoms with van der Waals surface area (Å²) in [6.07, 6.45) is 3.25. The van der Waals surface area contributed by atoms with E-state index in [1.54, 1.807) is 0 Å². The van der Waals surface area contributed by atoms with E-state index in [2.05, 4.69) is 5.10 Å². The van der Waals surface area contributed by atoms with Gasteiger partial charge in [0.05, 0.1) is 24.3 Å². The van der Waals surface area contributed by atoms with Crippen molar-refractivity contribution in [3.63, 3.8) is 0 Å². The van der Waals surface area contributed by atoms with Crippen LogP contribution in [0.5, 0.6) is 0 Å². The molecule has 0 radical (unpaired) electrons. The van der Waals surface area contributed by atoms with Crippen LogP contribution in [0.2, 0.25) is 0 Å². The number of amides is 1. The Labute approximate surface area is 136 Å². The summed E-state index contributed by atoms with van der Waals surface area (Å²) in [5.41, 5.74) is 1.82. The van der Waals surface area contributed by atoms with Crippen LogP contribution in [0.15, 0.2) is 42.6 Å². The highest BCUT2D eigenvalue weighted by atomic mass is 16.3. The predicted molar refractivity (Wildman–Crippen MR) is 87.8 cm³/mol. The van der Waals surface area contributed by atoms with Crippen molar-refractivity contribution in [2.75, 3.05) is 13.1 Å². The third kappa shape index (κ3) is 3.79. The van der Waals surface area contributed by atoms with Crippen LogP contribution >= 0.6 is 0 Å². The Bertz CT molecular complexity index is 645. The number of aromatic nitrogens is 2.